The highest BCUT2D eigenvalue weighted by Crippen LogP contribution is 2.17. The molecule has 0 fully saturated rings. The minimum absolute atomic E-state index is 0.150. The Bertz CT molecular complexity index is 820. The van der Waals surface area contributed by atoms with Gasteiger partial charge in [-0.05, 0) is 28.6 Å². The largest absolute Gasteiger partial charge is 0.272 e. The van der Waals surface area contributed by atoms with E-state index in [2.05, 4.69) is 31.0 Å². The van der Waals surface area contributed by atoms with Crippen molar-refractivity contribution in [2.45, 2.75) is 5.16 Å². The van der Waals surface area contributed by atoms with Gasteiger partial charge in [0.15, 0.2) is 0 Å². The molecule has 0 atom stereocenters. The molecule has 0 saturated heterocycles. The van der Waals surface area contributed by atoms with Gasteiger partial charge in [0.05, 0.1) is 17.7 Å². The number of amides is 1. The van der Waals surface area contributed by atoms with Crippen LogP contribution in [0.25, 0.3) is 5.69 Å². The Morgan fingerprint density at radius 3 is 2.92 bits per heavy atom. The van der Waals surface area contributed by atoms with Gasteiger partial charge in [0.2, 0.25) is 5.16 Å². The standard InChI is InChI=1S/C15H13N7OS/c23-14(18-17-10-12-5-4-8-16-9-12)11-24-15-19-20-21-22(15)13-6-2-1-3-7-13/h1-10H,11H2,(H,18,23). The number of pyridine rings is 1. The van der Waals surface area contributed by atoms with E-state index in [9.17, 15) is 4.79 Å². The molecule has 1 N–H and O–H groups in total. The lowest BCUT2D eigenvalue weighted by Crippen LogP contribution is -2.20. The molecule has 1 aromatic carbocycles. The summed E-state index contributed by atoms with van der Waals surface area (Å²) in [7, 11) is 0. The lowest BCUT2D eigenvalue weighted by atomic mass is 10.3. The van der Waals surface area contributed by atoms with Crippen LogP contribution < -0.4 is 5.43 Å². The summed E-state index contributed by atoms with van der Waals surface area (Å²) in [5.41, 5.74) is 4.09. The van der Waals surface area contributed by atoms with Gasteiger partial charge in [0.25, 0.3) is 5.91 Å². The predicted molar refractivity (Wildman–Crippen MR) is 89.9 cm³/mol. The second-order valence-corrected chi connectivity index (χ2v) is 5.52. The van der Waals surface area contributed by atoms with Gasteiger partial charge in [0.1, 0.15) is 0 Å². The van der Waals surface area contributed by atoms with E-state index in [0.29, 0.717) is 5.16 Å². The first-order valence-corrected chi connectivity index (χ1v) is 8.00. The molecule has 0 aliphatic carbocycles. The van der Waals surface area contributed by atoms with Crippen molar-refractivity contribution in [1.29, 1.82) is 0 Å². The van der Waals surface area contributed by atoms with Gasteiger partial charge in [-0.25, -0.2) is 5.43 Å². The lowest BCUT2D eigenvalue weighted by molar-refractivity contribution is -0.118. The van der Waals surface area contributed by atoms with Gasteiger partial charge in [-0.2, -0.15) is 9.78 Å². The topological polar surface area (TPSA) is 98.0 Å². The number of thioether (sulfide) groups is 1. The number of para-hydroxylation sites is 1. The van der Waals surface area contributed by atoms with Crippen molar-refractivity contribution >= 4 is 23.9 Å². The fourth-order valence-electron chi connectivity index (χ4n) is 1.79. The zero-order chi connectivity index (χ0) is 16.6. The number of tetrazole rings is 1. The molecule has 3 aromatic rings. The Morgan fingerprint density at radius 2 is 2.12 bits per heavy atom. The van der Waals surface area contributed by atoms with Gasteiger partial charge in [-0.3, -0.25) is 9.78 Å². The first-order chi connectivity index (χ1) is 11.8. The summed E-state index contributed by atoms with van der Waals surface area (Å²) in [6, 6.07) is 13.1. The van der Waals surface area contributed by atoms with Crippen LogP contribution in [0.1, 0.15) is 5.56 Å². The number of carbonyl (C=O) groups is 1. The number of nitrogens with one attached hydrogen (secondary N) is 1. The smallest absolute Gasteiger partial charge is 0.250 e. The number of carbonyl (C=O) groups excluding carboxylic acids is 1. The Labute approximate surface area is 142 Å². The Balaban J connectivity index is 1.54. The van der Waals surface area contributed by atoms with Crippen molar-refractivity contribution in [1.82, 2.24) is 30.6 Å². The van der Waals surface area contributed by atoms with E-state index in [4.69, 9.17) is 0 Å². The summed E-state index contributed by atoms with van der Waals surface area (Å²) in [6.07, 6.45) is 4.85. The van der Waals surface area contributed by atoms with E-state index >= 15 is 0 Å². The van der Waals surface area contributed by atoms with Gasteiger partial charge in [-0.15, -0.1) is 5.10 Å². The SMILES string of the molecule is O=C(CSc1nnnn1-c1ccccc1)NN=Cc1cccnc1. The highest BCUT2D eigenvalue weighted by Gasteiger charge is 2.10. The van der Waals surface area contributed by atoms with Gasteiger partial charge in [-0.1, -0.05) is 36.0 Å². The van der Waals surface area contributed by atoms with E-state index < -0.39 is 0 Å². The molecule has 0 saturated carbocycles. The van der Waals surface area contributed by atoms with Crippen molar-refractivity contribution in [3.8, 4) is 5.69 Å². The number of aromatic nitrogens is 5. The fourth-order valence-corrected chi connectivity index (χ4v) is 2.48. The van der Waals surface area contributed by atoms with Crippen molar-refractivity contribution in [2.75, 3.05) is 5.75 Å². The van der Waals surface area contributed by atoms with Crippen LogP contribution in [0.3, 0.4) is 0 Å². The fraction of sp³-hybridized carbons (Fsp3) is 0.0667. The molecule has 9 heteroatoms. The lowest BCUT2D eigenvalue weighted by Gasteiger charge is -2.03. The third kappa shape index (κ3) is 4.23. The third-order valence-corrected chi connectivity index (χ3v) is 3.78. The Morgan fingerprint density at radius 1 is 1.25 bits per heavy atom. The molecule has 0 spiro atoms. The van der Waals surface area contributed by atoms with Crippen LogP contribution in [0, 0.1) is 0 Å². The van der Waals surface area contributed by atoms with E-state index in [1.54, 1.807) is 23.1 Å². The van der Waals surface area contributed by atoms with Gasteiger partial charge < -0.3 is 0 Å². The molecule has 24 heavy (non-hydrogen) atoms. The van der Waals surface area contributed by atoms with Crippen molar-refractivity contribution in [3.05, 3.63) is 60.4 Å². The first-order valence-electron chi connectivity index (χ1n) is 7.01. The molecule has 0 bridgehead atoms. The summed E-state index contributed by atoms with van der Waals surface area (Å²) in [5, 5.41) is 15.9. The van der Waals surface area contributed by atoms with Crippen LogP contribution in [0.2, 0.25) is 0 Å². The predicted octanol–water partition coefficient (Wildman–Crippen LogP) is 1.30. The van der Waals surface area contributed by atoms with Crippen LogP contribution in [0.5, 0.6) is 0 Å². The zero-order valence-corrected chi connectivity index (χ0v) is 13.3. The maximum atomic E-state index is 11.8. The molecular formula is C15H13N7OS. The molecule has 3 rings (SSSR count). The monoisotopic (exact) mass is 339 g/mol. The Kier molecular flexibility index (Phi) is 5.25. The highest BCUT2D eigenvalue weighted by molar-refractivity contribution is 7.99. The number of benzene rings is 1. The molecule has 0 aliphatic rings. The summed E-state index contributed by atoms with van der Waals surface area (Å²) < 4.78 is 1.58. The van der Waals surface area contributed by atoms with Crippen LogP contribution >= 0.6 is 11.8 Å². The average molecular weight is 339 g/mol. The van der Waals surface area contributed by atoms with Crippen LogP contribution in [0.15, 0.2) is 65.1 Å². The maximum absolute atomic E-state index is 11.8. The first kappa shape index (κ1) is 15.8. The number of hydrazone groups is 1. The summed E-state index contributed by atoms with van der Waals surface area (Å²) in [6.45, 7) is 0. The average Bonchev–Trinajstić information content (AvgIpc) is 3.10. The zero-order valence-electron chi connectivity index (χ0n) is 12.5. The number of hydrogen-bond acceptors (Lipinski definition) is 7. The summed E-state index contributed by atoms with van der Waals surface area (Å²) >= 11 is 1.23. The molecule has 120 valence electrons. The number of rotatable bonds is 6. The third-order valence-electron chi connectivity index (χ3n) is 2.86. The molecule has 8 nitrogen and oxygen atoms in total. The molecule has 0 unspecified atom stereocenters. The van der Waals surface area contributed by atoms with Gasteiger partial charge >= 0.3 is 0 Å². The maximum Gasteiger partial charge on any atom is 0.250 e. The summed E-state index contributed by atoms with van der Waals surface area (Å²) in [4.78, 5) is 15.8. The van der Waals surface area contributed by atoms with Crippen molar-refractivity contribution in [3.63, 3.8) is 0 Å². The second-order valence-electron chi connectivity index (χ2n) is 4.58. The quantitative estimate of drug-likeness (QED) is 0.413. The number of nitrogens with zero attached hydrogens (tertiary/aromatic N) is 6. The van der Waals surface area contributed by atoms with Crippen LogP contribution in [-0.2, 0) is 4.79 Å². The van der Waals surface area contributed by atoms with E-state index in [1.165, 1.54) is 18.0 Å². The van der Waals surface area contributed by atoms with Crippen LogP contribution in [0.4, 0.5) is 0 Å². The molecule has 2 aromatic heterocycles. The molecule has 1 amide bonds. The molecule has 2 heterocycles. The molecular weight excluding hydrogens is 326 g/mol. The van der Waals surface area contributed by atoms with E-state index in [1.807, 2.05) is 36.4 Å². The molecule has 0 aliphatic heterocycles. The normalized spacial score (nSPS) is 10.8. The minimum atomic E-state index is -0.247. The van der Waals surface area contributed by atoms with Crippen molar-refractivity contribution < 1.29 is 4.79 Å². The molecule has 0 radical (unpaired) electrons. The van der Waals surface area contributed by atoms with Crippen LogP contribution in [-0.4, -0.2) is 43.1 Å². The van der Waals surface area contributed by atoms with E-state index in [-0.39, 0.29) is 11.7 Å². The second kappa shape index (κ2) is 7.97. The highest BCUT2D eigenvalue weighted by atomic mass is 32.2. The van der Waals surface area contributed by atoms with Gasteiger partial charge in [0, 0.05) is 18.0 Å². The Hall–Kier alpha value is -3.07. The minimum Gasteiger partial charge on any atom is -0.272 e. The van der Waals surface area contributed by atoms with E-state index in [0.717, 1.165) is 11.3 Å². The van der Waals surface area contributed by atoms with Crippen molar-refractivity contribution in [2.24, 2.45) is 5.10 Å². The summed E-state index contributed by atoms with van der Waals surface area (Å²) in [5.74, 6) is -0.0971. The number of hydrogen-bond donors (Lipinski definition) is 1.